The number of aliphatic hydroxyl groups is 2. The first-order valence-electron chi connectivity index (χ1n) is 8.19. The van der Waals surface area contributed by atoms with Gasteiger partial charge in [0.25, 0.3) is 0 Å². The lowest BCUT2D eigenvalue weighted by Gasteiger charge is -2.24. The summed E-state index contributed by atoms with van der Waals surface area (Å²) < 4.78 is 0. The lowest BCUT2D eigenvalue weighted by molar-refractivity contribution is 0.0224. The van der Waals surface area contributed by atoms with Crippen LogP contribution in [0.25, 0.3) is 0 Å². The van der Waals surface area contributed by atoms with E-state index in [1.807, 2.05) is 6.92 Å². The summed E-state index contributed by atoms with van der Waals surface area (Å²) in [5.41, 5.74) is 1.57. The number of allylic oxidation sites excluding steroid dienone is 2. The molecule has 2 N–H and O–H groups in total. The minimum absolute atomic E-state index is 0.0856. The highest BCUT2D eigenvalue weighted by Gasteiger charge is 2.46. The van der Waals surface area contributed by atoms with Crippen LogP contribution < -0.4 is 0 Å². The average Bonchev–Trinajstić information content (AvgIpc) is 2.83. The van der Waals surface area contributed by atoms with E-state index in [9.17, 15) is 10.2 Å². The second-order valence-electron chi connectivity index (χ2n) is 7.09. The molecule has 1 fully saturated rings. The summed E-state index contributed by atoms with van der Waals surface area (Å²) >= 11 is 0. The lowest BCUT2D eigenvalue weighted by Crippen LogP contribution is -2.29. The first-order valence-corrected chi connectivity index (χ1v) is 8.19. The summed E-state index contributed by atoms with van der Waals surface area (Å²) in [6.45, 7) is 3.01. The SMILES string of the molecule is C[C@H](O)[C@@H]1[C@H]2CC(CCCCCN(C)C)=C[C@H]2C[C@H]1O. The molecule has 0 amide bonds. The number of fused-ring (bicyclic) bond motifs is 1. The van der Waals surface area contributed by atoms with Gasteiger partial charge in [-0.1, -0.05) is 18.1 Å². The van der Waals surface area contributed by atoms with E-state index in [1.165, 1.54) is 32.2 Å². The maximum atomic E-state index is 10.1. The van der Waals surface area contributed by atoms with E-state index >= 15 is 0 Å². The number of nitrogens with zero attached hydrogens (tertiary/aromatic N) is 1. The van der Waals surface area contributed by atoms with Crippen LogP contribution in [-0.2, 0) is 0 Å². The second kappa shape index (κ2) is 7.06. The topological polar surface area (TPSA) is 43.7 Å². The molecular formula is C17H31NO2. The smallest absolute Gasteiger partial charge is 0.0601 e. The van der Waals surface area contributed by atoms with Crippen molar-refractivity contribution in [3.63, 3.8) is 0 Å². The molecule has 2 aliphatic carbocycles. The molecule has 0 aromatic heterocycles. The highest BCUT2D eigenvalue weighted by molar-refractivity contribution is 5.18. The normalized spacial score (nSPS) is 34.4. The van der Waals surface area contributed by atoms with Crippen molar-refractivity contribution in [3.05, 3.63) is 11.6 Å². The van der Waals surface area contributed by atoms with Gasteiger partial charge in [0.15, 0.2) is 0 Å². The van der Waals surface area contributed by atoms with E-state index in [1.54, 1.807) is 5.57 Å². The van der Waals surface area contributed by atoms with Crippen molar-refractivity contribution in [2.45, 2.75) is 57.7 Å². The van der Waals surface area contributed by atoms with Gasteiger partial charge in [0.1, 0.15) is 0 Å². The van der Waals surface area contributed by atoms with Crippen LogP contribution in [-0.4, -0.2) is 48.0 Å². The Hall–Kier alpha value is -0.380. The largest absolute Gasteiger partial charge is 0.393 e. The minimum Gasteiger partial charge on any atom is -0.393 e. The van der Waals surface area contributed by atoms with Crippen LogP contribution in [0.1, 0.15) is 45.4 Å². The quantitative estimate of drug-likeness (QED) is 0.556. The lowest BCUT2D eigenvalue weighted by atomic mass is 9.86. The van der Waals surface area contributed by atoms with Crippen molar-refractivity contribution in [2.75, 3.05) is 20.6 Å². The number of aliphatic hydroxyl groups excluding tert-OH is 2. The number of unbranched alkanes of at least 4 members (excludes halogenated alkanes) is 2. The van der Waals surface area contributed by atoms with Crippen molar-refractivity contribution in [1.29, 1.82) is 0 Å². The number of rotatable bonds is 7. The molecule has 116 valence electrons. The molecule has 1 saturated carbocycles. The Bertz CT molecular complexity index is 338. The molecule has 0 saturated heterocycles. The van der Waals surface area contributed by atoms with E-state index in [-0.39, 0.29) is 18.1 Å². The molecule has 0 heterocycles. The molecule has 2 aliphatic rings. The van der Waals surface area contributed by atoms with Gasteiger partial charge in [-0.2, -0.15) is 0 Å². The standard InChI is InChI=1S/C17H31NO2/c1-12(19)17-15-10-13(9-14(15)11-16(17)20)7-5-4-6-8-18(2)3/h9,12,14-17,19-20H,4-8,10-11H2,1-3H3/t12-,14-,15-,16+,17+/m0/s1. The van der Waals surface area contributed by atoms with Crippen LogP contribution in [0.5, 0.6) is 0 Å². The van der Waals surface area contributed by atoms with Gasteiger partial charge in [0.05, 0.1) is 12.2 Å². The van der Waals surface area contributed by atoms with Crippen molar-refractivity contribution in [2.24, 2.45) is 17.8 Å². The van der Waals surface area contributed by atoms with Crippen molar-refractivity contribution >= 4 is 0 Å². The molecule has 5 atom stereocenters. The third kappa shape index (κ3) is 3.84. The fourth-order valence-corrected chi connectivity index (χ4v) is 4.16. The third-order valence-electron chi connectivity index (χ3n) is 5.11. The predicted octanol–water partition coefficient (Wildman–Crippen LogP) is 2.43. The Morgan fingerprint density at radius 3 is 2.70 bits per heavy atom. The minimum atomic E-state index is -0.382. The zero-order chi connectivity index (χ0) is 14.7. The van der Waals surface area contributed by atoms with E-state index in [0.717, 1.165) is 12.8 Å². The highest BCUT2D eigenvalue weighted by atomic mass is 16.3. The zero-order valence-corrected chi connectivity index (χ0v) is 13.3. The van der Waals surface area contributed by atoms with Crippen LogP contribution in [0, 0.1) is 17.8 Å². The average molecular weight is 281 g/mol. The molecule has 0 aromatic carbocycles. The van der Waals surface area contributed by atoms with E-state index < -0.39 is 0 Å². The predicted molar refractivity (Wildman–Crippen MR) is 82.5 cm³/mol. The van der Waals surface area contributed by atoms with Gasteiger partial charge in [-0.3, -0.25) is 0 Å². The Morgan fingerprint density at radius 1 is 1.30 bits per heavy atom. The fourth-order valence-electron chi connectivity index (χ4n) is 4.16. The van der Waals surface area contributed by atoms with Gasteiger partial charge < -0.3 is 15.1 Å². The third-order valence-corrected chi connectivity index (χ3v) is 5.11. The van der Waals surface area contributed by atoms with Gasteiger partial charge >= 0.3 is 0 Å². The van der Waals surface area contributed by atoms with Crippen molar-refractivity contribution in [3.8, 4) is 0 Å². The molecule has 0 aromatic rings. The Morgan fingerprint density at radius 2 is 2.05 bits per heavy atom. The van der Waals surface area contributed by atoms with E-state index in [4.69, 9.17) is 0 Å². The molecule has 3 heteroatoms. The monoisotopic (exact) mass is 281 g/mol. The van der Waals surface area contributed by atoms with Gasteiger partial charge in [0.2, 0.25) is 0 Å². The highest BCUT2D eigenvalue weighted by Crippen LogP contribution is 2.48. The number of hydrogen-bond donors (Lipinski definition) is 2. The van der Waals surface area contributed by atoms with Gasteiger partial charge in [-0.25, -0.2) is 0 Å². The Labute approximate surface area is 123 Å². The van der Waals surface area contributed by atoms with E-state index in [2.05, 4.69) is 25.1 Å². The van der Waals surface area contributed by atoms with Crippen LogP contribution in [0.3, 0.4) is 0 Å². The molecule has 2 rings (SSSR count). The molecule has 0 radical (unpaired) electrons. The summed E-state index contributed by atoms with van der Waals surface area (Å²) in [7, 11) is 4.25. The van der Waals surface area contributed by atoms with Crippen LogP contribution >= 0.6 is 0 Å². The summed E-state index contributed by atoms with van der Waals surface area (Å²) in [6.07, 6.45) is 8.74. The van der Waals surface area contributed by atoms with Crippen LogP contribution in [0.4, 0.5) is 0 Å². The first-order chi connectivity index (χ1) is 9.49. The Balaban J connectivity index is 1.73. The van der Waals surface area contributed by atoms with Gasteiger partial charge in [-0.05, 0) is 71.5 Å². The van der Waals surface area contributed by atoms with Crippen molar-refractivity contribution < 1.29 is 10.2 Å². The zero-order valence-electron chi connectivity index (χ0n) is 13.3. The van der Waals surface area contributed by atoms with Gasteiger partial charge in [0, 0.05) is 5.92 Å². The molecule has 0 aliphatic heterocycles. The maximum absolute atomic E-state index is 10.1. The number of hydrogen-bond acceptors (Lipinski definition) is 3. The molecule has 3 nitrogen and oxygen atoms in total. The molecule has 20 heavy (non-hydrogen) atoms. The van der Waals surface area contributed by atoms with Crippen LogP contribution in [0.15, 0.2) is 11.6 Å². The maximum Gasteiger partial charge on any atom is 0.0601 e. The molecule has 0 spiro atoms. The summed E-state index contributed by atoms with van der Waals surface area (Å²) in [5, 5.41) is 19.9. The summed E-state index contributed by atoms with van der Waals surface area (Å²) in [6, 6.07) is 0. The molecular weight excluding hydrogens is 250 g/mol. The summed E-state index contributed by atoms with van der Waals surface area (Å²) in [4.78, 5) is 2.24. The van der Waals surface area contributed by atoms with Crippen molar-refractivity contribution in [1.82, 2.24) is 4.90 Å². The van der Waals surface area contributed by atoms with E-state index in [0.29, 0.717) is 11.8 Å². The fraction of sp³-hybridized carbons (Fsp3) is 0.882. The van der Waals surface area contributed by atoms with Gasteiger partial charge in [-0.15, -0.1) is 0 Å². The molecule has 0 unspecified atom stereocenters. The molecule has 0 bridgehead atoms. The first kappa shape index (κ1) is 16.0. The summed E-state index contributed by atoms with van der Waals surface area (Å²) in [5.74, 6) is 1.09. The second-order valence-corrected chi connectivity index (χ2v) is 7.09. The Kier molecular flexibility index (Phi) is 5.65. The van der Waals surface area contributed by atoms with Crippen LogP contribution in [0.2, 0.25) is 0 Å².